The smallest absolute Gasteiger partial charge is 0.410 e. The molecule has 3 amide bonds. The number of hydrogen-bond donors (Lipinski definition) is 2. The maximum Gasteiger partial charge on any atom is 0.410 e. The molecule has 0 aromatic heterocycles. The van der Waals surface area contributed by atoms with Crippen LogP contribution in [0.15, 0.2) is 30.3 Å². The number of hydrogen-bond acceptors (Lipinski definition) is 5. The molecule has 0 radical (unpaired) electrons. The number of nitrogens with two attached hydrogens (primary N) is 1. The van der Waals surface area contributed by atoms with Crippen LogP contribution in [0.3, 0.4) is 0 Å². The summed E-state index contributed by atoms with van der Waals surface area (Å²) in [5, 5.41) is 2.69. The van der Waals surface area contributed by atoms with Crippen LogP contribution < -0.4 is 11.1 Å². The Balaban J connectivity index is 1.67. The lowest BCUT2D eigenvalue weighted by Gasteiger charge is -2.44. The predicted octanol–water partition coefficient (Wildman–Crippen LogP) is 2.70. The number of fused-ring (bicyclic) bond motifs is 2. The molecular weight excluding hydrogens is 374 g/mol. The molecule has 158 valence electrons. The van der Waals surface area contributed by atoms with E-state index in [4.69, 9.17) is 15.2 Å². The molecule has 2 atom stereocenters. The minimum atomic E-state index is -1.23. The molecule has 0 spiro atoms. The van der Waals surface area contributed by atoms with E-state index >= 15 is 0 Å². The summed E-state index contributed by atoms with van der Waals surface area (Å²) >= 11 is 0. The number of nitrogens with one attached hydrogen (secondary N) is 1. The van der Waals surface area contributed by atoms with Crippen LogP contribution >= 0.6 is 0 Å². The van der Waals surface area contributed by atoms with Gasteiger partial charge in [-0.3, -0.25) is 4.79 Å². The van der Waals surface area contributed by atoms with Crippen LogP contribution in [0, 0.1) is 0 Å². The van der Waals surface area contributed by atoms with E-state index in [9.17, 15) is 14.4 Å². The number of piperidine rings is 1. The average Bonchev–Trinajstić information content (AvgIpc) is 2.90. The Morgan fingerprint density at radius 3 is 2.24 bits per heavy atom. The molecular formula is C21H29N3O5. The summed E-state index contributed by atoms with van der Waals surface area (Å²) in [6.45, 7) is 5.43. The molecule has 0 saturated carbocycles. The standard InChI is InChI=1S/C21H29N3O5/c1-20(2,3)29-18(26)23-21(17(22)25)11-15-9-10-16(12-21)24(15)19(27)28-13-14-7-5-4-6-8-14/h4-8,15-16H,9-13H2,1-3H3,(H2,22,25)(H,23,26). The molecule has 2 aliphatic rings. The van der Waals surface area contributed by atoms with Gasteiger partial charge >= 0.3 is 12.2 Å². The first-order valence-corrected chi connectivity index (χ1v) is 9.90. The van der Waals surface area contributed by atoms with Gasteiger partial charge in [-0.05, 0) is 39.2 Å². The van der Waals surface area contributed by atoms with Gasteiger partial charge in [-0.2, -0.15) is 0 Å². The predicted molar refractivity (Wildman–Crippen MR) is 106 cm³/mol. The molecule has 2 unspecified atom stereocenters. The monoisotopic (exact) mass is 403 g/mol. The van der Waals surface area contributed by atoms with Crippen molar-refractivity contribution in [3.63, 3.8) is 0 Å². The Bertz CT molecular complexity index is 760. The molecule has 29 heavy (non-hydrogen) atoms. The van der Waals surface area contributed by atoms with Crippen molar-refractivity contribution in [3.8, 4) is 0 Å². The summed E-state index contributed by atoms with van der Waals surface area (Å²) in [5.74, 6) is -0.613. The molecule has 1 aromatic rings. The normalized spacial score (nSPS) is 26.0. The molecule has 2 bridgehead atoms. The van der Waals surface area contributed by atoms with Gasteiger partial charge in [0.25, 0.3) is 0 Å². The van der Waals surface area contributed by atoms with Crippen LogP contribution in [-0.2, 0) is 20.9 Å². The van der Waals surface area contributed by atoms with Crippen molar-refractivity contribution in [2.24, 2.45) is 5.73 Å². The van der Waals surface area contributed by atoms with Gasteiger partial charge in [-0.1, -0.05) is 30.3 Å². The third kappa shape index (κ3) is 4.81. The summed E-state index contributed by atoms with van der Waals surface area (Å²) in [4.78, 5) is 39.0. The van der Waals surface area contributed by atoms with Gasteiger partial charge in [0.15, 0.2) is 0 Å². The van der Waals surface area contributed by atoms with Crippen LogP contribution in [0.25, 0.3) is 0 Å². The molecule has 2 aliphatic heterocycles. The molecule has 3 rings (SSSR count). The number of nitrogens with zero attached hydrogens (tertiary/aromatic N) is 1. The van der Waals surface area contributed by atoms with E-state index in [2.05, 4.69) is 5.32 Å². The number of carbonyl (C=O) groups excluding carboxylic acids is 3. The van der Waals surface area contributed by atoms with Crippen LogP contribution in [0.2, 0.25) is 0 Å². The van der Waals surface area contributed by atoms with Crippen LogP contribution in [0.1, 0.15) is 52.0 Å². The number of benzene rings is 1. The van der Waals surface area contributed by atoms with Crippen molar-refractivity contribution in [1.82, 2.24) is 10.2 Å². The highest BCUT2D eigenvalue weighted by molar-refractivity contribution is 5.89. The number of rotatable bonds is 4. The molecule has 0 aliphatic carbocycles. The maximum atomic E-state index is 12.7. The fraction of sp³-hybridized carbons (Fsp3) is 0.571. The highest BCUT2D eigenvalue weighted by Crippen LogP contribution is 2.41. The Labute approximate surface area is 170 Å². The first kappa shape index (κ1) is 21.0. The van der Waals surface area contributed by atoms with Gasteiger partial charge in [0.2, 0.25) is 5.91 Å². The van der Waals surface area contributed by atoms with Crippen molar-refractivity contribution in [2.45, 2.75) is 76.3 Å². The van der Waals surface area contributed by atoms with Gasteiger partial charge in [0.1, 0.15) is 17.7 Å². The molecule has 3 N–H and O–H groups in total. The molecule has 2 fully saturated rings. The van der Waals surface area contributed by atoms with Crippen molar-refractivity contribution >= 4 is 18.1 Å². The largest absolute Gasteiger partial charge is 0.445 e. The third-order valence-corrected chi connectivity index (χ3v) is 5.42. The number of carbonyl (C=O) groups is 3. The van der Waals surface area contributed by atoms with Gasteiger partial charge in [-0.15, -0.1) is 0 Å². The van der Waals surface area contributed by atoms with Crippen LogP contribution in [0.5, 0.6) is 0 Å². The molecule has 8 nitrogen and oxygen atoms in total. The highest BCUT2D eigenvalue weighted by atomic mass is 16.6. The quantitative estimate of drug-likeness (QED) is 0.803. The number of alkyl carbamates (subject to hydrolysis) is 1. The lowest BCUT2D eigenvalue weighted by atomic mass is 9.82. The molecule has 1 aromatic carbocycles. The van der Waals surface area contributed by atoms with E-state index in [1.54, 1.807) is 25.7 Å². The second-order valence-corrected chi connectivity index (χ2v) is 8.81. The van der Waals surface area contributed by atoms with E-state index in [0.717, 1.165) is 18.4 Å². The Hall–Kier alpha value is -2.77. The highest BCUT2D eigenvalue weighted by Gasteiger charge is 2.54. The number of amides is 3. The fourth-order valence-electron chi connectivity index (χ4n) is 4.21. The van der Waals surface area contributed by atoms with Crippen molar-refractivity contribution < 1.29 is 23.9 Å². The zero-order chi connectivity index (χ0) is 21.2. The first-order chi connectivity index (χ1) is 13.6. The molecule has 2 heterocycles. The van der Waals surface area contributed by atoms with Crippen molar-refractivity contribution in [2.75, 3.05) is 0 Å². The third-order valence-electron chi connectivity index (χ3n) is 5.42. The van der Waals surface area contributed by atoms with Gasteiger partial charge in [0, 0.05) is 24.9 Å². The zero-order valence-corrected chi connectivity index (χ0v) is 17.1. The second-order valence-electron chi connectivity index (χ2n) is 8.81. The summed E-state index contributed by atoms with van der Waals surface area (Å²) in [7, 11) is 0. The minimum absolute atomic E-state index is 0.187. The second kappa shape index (κ2) is 7.93. The van der Waals surface area contributed by atoms with E-state index in [1.807, 2.05) is 30.3 Å². The van der Waals surface area contributed by atoms with E-state index in [-0.39, 0.29) is 31.5 Å². The van der Waals surface area contributed by atoms with Crippen LogP contribution in [-0.4, -0.2) is 46.2 Å². The van der Waals surface area contributed by atoms with Gasteiger partial charge in [0.05, 0.1) is 0 Å². The Morgan fingerprint density at radius 1 is 1.14 bits per heavy atom. The molecule has 8 heteroatoms. The summed E-state index contributed by atoms with van der Waals surface area (Å²) < 4.78 is 10.8. The van der Waals surface area contributed by atoms with Crippen LogP contribution in [0.4, 0.5) is 9.59 Å². The lowest BCUT2D eigenvalue weighted by molar-refractivity contribution is -0.127. The first-order valence-electron chi connectivity index (χ1n) is 9.90. The zero-order valence-electron chi connectivity index (χ0n) is 17.1. The number of primary amides is 1. The average molecular weight is 403 g/mol. The van der Waals surface area contributed by atoms with Crippen molar-refractivity contribution in [1.29, 1.82) is 0 Å². The topological polar surface area (TPSA) is 111 Å². The maximum absolute atomic E-state index is 12.7. The fourth-order valence-corrected chi connectivity index (χ4v) is 4.21. The molecule has 2 saturated heterocycles. The summed E-state index contributed by atoms with van der Waals surface area (Å²) in [5.41, 5.74) is 4.66. The van der Waals surface area contributed by atoms with E-state index < -0.39 is 29.2 Å². The summed E-state index contributed by atoms with van der Waals surface area (Å²) in [6, 6.07) is 9.01. The number of ether oxygens (including phenoxy) is 2. The van der Waals surface area contributed by atoms with Gasteiger partial charge < -0.3 is 25.4 Å². The SMILES string of the molecule is CC(C)(C)OC(=O)NC1(C(N)=O)CC2CCC(C1)N2C(=O)OCc1ccccc1. The Kier molecular flexibility index (Phi) is 5.73. The van der Waals surface area contributed by atoms with Gasteiger partial charge in [-0.25, -0.2) is 9.59 Å². The minimum Gasteiger partial charge on any atom is -0.445 e. The lowest BCUT2D eigenvalue weighted by Crippen LogP contribution is -2.66. The summed E-state index contributed by atoms with van der Waals surface area (Å²) in [6.07, 6.45) is 0.871. The van der Waals surface area contributed by atoms with E-state index in [0.29, 0.717) is 0 Å². The Morgan fingerprint density at radius 2 is 1.72 bits per heavy atom. The van der Waals surface area contributed by atoms with Crippen molar-refractivity contribution in [3.05, 3.63) is 35.9 Å². The van der Waals surface area contributed by atoms with E-state index in [1.165, 1.54) is 0 Å².